The number of aromatic nitrogens is 4. The number of nitrogens with one attached hydrogen (secondary N) is 1. The van der Waals surface area contributed by atoms with Crippen LogP contribution < -0.4 is 5.32 Å². The van der Waals surface area contributed by atoms with Gasteiger partial charge in [0.1, 0.15) is 5.82 Å². The van der Waals surface area contributed by atoms with Gasteiger partial charge in [-0.15, -0.1) is 0 Å². The predicted molar refractivity (Wildman–Crippen MR) is 129 cm³/mol. The maximum atomic E-state index is 12.8. The standard InChI is InChI=1S/C24H30N6O3S/c1-24(2,3)20-17-21(30(28-20)23-25-12-7-13-26-23)27-22(31)16-18-8-10-19(11-9-18)34(32,33)29-14-5-4-6-15-29/h7-13,17H,4-6,14-16H2,1-3H3,(H,27,31). The van der Waals surface area contributed by atoms with Crippen LogP contribution in [0, 0.1) is 0 Å². The summed E-state index contributed by atoms with van der Waals surface area (Å²) in [7, 11) is -3.50. The summed E-state index contributed by atoms with van der Waals surface area (Å²) in [6.45, 7) is 7.23. The van der Waals surface area contributed by atoms with Gasteiger partial charge in [-0.3, -0.25) is 4.79 Å². The number of hydrogen-bond acceptors (Lipinski definition) is 6. The van der Waals surface area contributed by atoms with Crippen LogP contribution in [0.25, 0.3) is 5.95 Å². The fraction of sp³-hybridized carbons (Fsp3) is 0.417. The van der Waals surface area contributed by atoms with Crippen molar-refractivity contribution >= 4 is 21.7 Å². The molecule has 0 unspecified atom stereocenters. The molecule has 34 heavy (non-hydrogen) atoms. The van der Waals surface area contributed by atoms with E-state index in [0.29, 0.717) is 30.4 Å². The first-order valence-corrected chi connectivity index (χ1v) is 12.9. The van der Waals surface area contributed by atoms with Crippen LogP contribution in [0.2, 0.25) is 0 Å². The fourth-order valence-electron chi connectivity index (χ4n) is 3.80. The van der Waals surface area contributed by atoms with Crippen LogP contribution in [0.5, 0.6) is 0 Å². The first-order chi connectivity index (χ1) is 16.1. The molecule has 1 aliphatic rings. The lowest BCUT2D eigenvalue weighted by atomic mass is 9.92. The van der Waals surface area contributed by atoms with Crippen LogP contribution in [0.15, 0.2) is 53.7 Å². The number of carbonyl (C=O) groups excluding carboxylic acids is 1. The maximum absolute atomic E-state index is 12.8. The van der Waals surface area contributed by atoms with Crippen molar-refractivity contribution in [2.45, 2.75) is 56.8 Å². The van der Waals surface area contributed by atoms with E-state index in [0.717, 1.165) is 25.0 Å². The van der Waals surface area contributed by atoms with Gasteiger partial charge in [0.15, 0.2) is 0 Å². The van der Waals surface area contributed by atoms with E-state index in [1.807, 2.05) is 26.8 Å². The Balaban J connectivity index is 1.49. The number of hydrogen-bond donors (Lipinski definition) is 1. The van der Waals surface area contributed by atoms with E-state index in [-0.39, 0.29) is 22.6 Å². The highest BCUT2D eigenvalue weighted by Crippen LogP contribution is 2.26. The van der Waals surface area contributed by atoms with Crippen molar-refractivity contribution in [3.63, 3.8) is 0 Å². The minimum Gasteiger partial charge on any atom is -0.310 e. The molecule has 3 aromatic rings. The Kier molecular flexibility index (Phi) is 6.81. The lowest BCUT2D eigenvalue weighted by Crippen LogP contribution is -2.35. The number of sulfonamides is 1. The van der Waals surface area contributed by atoms with Crippen molar-refractivity contribution in [1.82, 2.24) is 24.1 Å². The summed E-state index contributed by atoms with van der Waals surface area (Å²) < 4.78 is 28.7. The van der Waals surface area contributed by atoms with Crippen LogP contribution in [-0.4, -0.2) is 51.5 Å². The fourth-order valence-corrected chi connectivity index (χ4v) is 5.31. The predicted octanol–water partition coefficient (Wildman–Crippen LogP) is 3.32. The molecule has 1 fully saturated rings. The number of carbonyl (C=O) groups is 1. The molecule has 1 saturated heterocycles. The number of rotatable bonds is 6. The monoisotopic (exact) mass is 482 g/mol. The molecule has 0 saturated carbocycles. The average Bonchev–Trinajstić information content (AvgIpc) is 3.25. The summed E-state index contributed by atoms with van der Waals surface area (Å²) in [4.78, 5) is 21.6. The number of benzene rings is 1. The summed E-state index contributed by atoms with van der Waals surface area (Å²) in [5.41, 5.74) is 1.28. The minimum absolute atomic E-state index is 0.0930. The first kappa shape index (κ1) is 24.0. The van der Waals surface area contributed by atoms with Gasteiger partial charge in [-0.05, 0) is 36.6 Å². The molecule has 0 spiro atoms. The smallest absolute Gasteiger partial charge is 0.252 e. The summed E-state index contributed by atoms with van der Waals surface area (Å²) in [6.07, 6.45) is 6.16. The molecule has 1 aromatic carbocycles. The van der Waals surface area contributed by atoms with Crippen molar-refractivity contribution in [2.75, 3.05) is 18.4 Å². The van der Waals surface area contributed by atoms with Gasteiger partial charge >= 0.3 is 0 Å². The van der Waals surface area contributed by atoms with Crippen molar-refractivity contribution in [2.24, 2.45) is 0 Å². The molecule has 0 atom stereocenters. The molecule has 3 heterocycles. The Hall–Kier alpha value is -3.11. The van der Waals surface area contributed by atoms with Gasteiger partial charge < -0.3 is 5.32 Å². The molecule has 1 aliphatic heterocycles. The molecule has 2 aromatic heterocycles. The second-order valence-corrected chi connectivity index (χ2v) is 11.4. The third-order valence-electron chi connectivity index (χ3n) is 5.73. The van der Waals surface area contributed by atoms with Crippen LogP contribution in [-0.2, 0) is 26.7 Å². The molecular weight excluding hydrogens is 452 g/mol. The third-order valence-corrected chi connectivity index (χ3v) is 7.64. The SMILES string of the molecule is CC(C)(C)c1cc(NC(=O)Cc2ccc(S(=O)(=O)N3CCCCC3)cc2)n(-c2ncccn2)n1. The first-order valence-electron chi connectivity index (χ1n) is 11.4. The third kappa shape index (κ3) is 5.34. The van der Waals surface area contributed by atoms with E-state index in [9.17, 15) is 13.2 Å². The van der Waals surface area contributed by atoms with Crippen LogP contribution in [0.4, 0.5) is 5.82 Å². The molecule has 4 rings (SSSR count). The Morgan fingerprint density at radius 1 is 1.03 bits per heavy atom. The van der Waals surface area contributed by atoms with E-state index < -0.39 is 10.0 Å². The number of anilines is 1. The van der Waals surface area contributed by atoms with Crippen molar-refractivity contribution in [3.8, 4) is 5.95 Å². The number of amides is 1. The normalized spacial score (nSPS) is 15.3. The summed E-state index contributed by atoms with van der Waals surface area (Å²) >= 11 is 0. The lowest BCUT2D eigenvalue weighted by Gasteiger charge is -2.25. The summed E-state index contributed by atoms with van der Waals surface area (Å²) in [5.74, 6) is 0.593. The highest BCUT2D eigenvalue weighted by molar-refractivity contribution is 7.89. The topological polar surface area (TPSA) is 110 Å². The van der Waals surface area contributed by atoms with Gasteiger partial charge in [0, 0.05) is 37.0 Å². The zero-order valence-electron chi connectivity index (χ0n) is 19.7. The molecular formula is C24H30N6O3S. The molecule has 180 valence electrons. The Labute approximate surface area is 200 Å². The van der Waals surface area contributed by atoms with Gasteiger partial charge in [-0.25, -0.2) is 18.4 Å². The molecule has 10 heteroatoms. The van der Waals surface area contributed by atoms with Crippen LogP contribution in [0.1, 0.15) is 51.3 Å². The van der Waals surface area contributed by atoms with E-state index >= 15 is 0 Å². The quantitative estimate of drug-likeness (QED) is 0.577. The summed E-state index contributed by atoms with van der Waals surface area (Å²) in [6, 6.07) is 10.1. The second-order valence-electron chi connectivity index (χ2n) is 9.46. The summed E-state index contributed by atoms with van der Waals surface area (Å²) in [5, 5.41) is 7.50. The Morgan fingerprint density at radius 2 is 1.68 bits per heavy atom. The van der Waals surface area contributed by atoms with E-state index in [1.165, 1.54) is 8.99 Å². The lowest BCUT2D eigenvalue weighted by molar-refractivity contribution is -0.115. The van der Waals surface area contributed by atoms with Gasteiger partial charge in [0.25, 0.3) is 5.95 Å². The number of nitrogens with zero attached hydrogens (tertiary/aromatic N) is 5. The largest absolute Gasteiger partial charge is 0.310 e. The van der Waals surface area contributed by atoms with E-state index in [1.54, 1.807) is 42.7 Å². The van der Waals surface area contributed by atoms with Crippen LogP contribution >= 0.6 is 0 Å². The van der Waals surface area contributed by atoms with Crippen molar-refractivity contribution in [1.29, 1.82) is 0 Å². The molecule has 0 radical (unpaired) electrons. The molecule has 1 amide bonds. The van der Waals surface area contributed by atoms with Crippen LogP contribution in [0.3, 0.4) is 0 Å². The van der Waals surface area contributed by atoms with Crippen molar-refractivity contribution in [3.05, 3.63) is 60.0 Å². The molecule has 0 bridgehead atoms. The van der Waals surface area contributed by atoms with Gasteiger partial charge in [0.05, 0.1) is 17.0 Å². The molecule has 0 aliphatic carbocycles. The zero-order chi connectivity index (χ0) is 24.3. The Bertz CT molecular complexity index is 1240. The average molecular weight is 483 g/mol. The van der Waals surface area contributed by atoms with Gasteiger partial charge in [0.2, 0.25) is 15.9 Å². The Morgan fingerprint density at radius 3 is 2.29 bits per heavy atom. The molecule has 9 nitrogen and oxygen atoms in total. The van der Waals surface area contributed by atoms with E-state index in [4.69, 9.17) is 0 Å². The highest BCUT2D eigenvalue weighted by Gasteiger charge is 2.26. The molecule has 1 N–H and O–H groups in total. The van der Waals surface area contributed by atoms with Crippen molar-refractivity contribution < 1.29 is 13.2 Å². The number of piperidine rings is 1. The second kappa shape index (κ2) is 9.63. The van der Waals surface area contributed by atoms with Gasteiger partial charge in [-0.1, -0.05) is 39.3 Å². The highest BCUT2D eigenvalue weighted by atomic mass is 32.2. The zero-order valence-corrected chi connectivity index (χ0v) is 20.5. The maximum Gasteiger partial charge on any atom is 0.252 e. The van der Waals surface area contributed by atoms with Gasteiger partial charge in [-0.2, -0.15) is 14.1 Å². The van der Waals surface area contributed by atoms with E-state index in [2.05, 4.69) is 20.4 Å². The minimum atomic E-state index is -3.50.